The lowest BCUT2D eigenvalue weighted by molar-refractivity contribution is -0.137. The first-order chi connectivity index (χ1) is 8.58. The second-order valence-corrected chi connectivity index (χ2v) is 6.22. The van der Waals surface area contributed by atoms with E-state index in [-0.39, 0.29) is 36.8 Å². The number of piperazine rings is 1. The molecule has 0 aromatic carbocycles. The minimum Gasteiger partial charge on any atom is -0.340 e. The highest BCUT2D eigenvalue weighted by Gasteiger charge is 2.34. The molecule has 1 saturated heterocycles. The van der Waals surface area contributed by atoms with Gasteiger partial charge >= 0.3 is 0 Å². The van der Waals surface area contributed by atoms with Crippen LogP contribution in [-0.2, 0) is 4.79 Å². The smallest absolute Gasteiger partial charge is 0.227 e. The predicted molar refractivity (Wildman–Crippen MR) is 87.7 cm³/mol. The number of rotatable bonds is 3. The monoisotopic (exact) mass is 325 g/mol. The highest BCUT2D eigenvalue weighted by molar-refractivity contribution is 5.85. The first-order valence-electron chi connectivity index (χ1n) is 7.34. The third-order valence-corrected chi connectivity index (χ3v) is 4.19. The maximum atomic E-state index is 12.4. The minimum atomic E-state index is 0. The molecule has 1 aliphatic carbocycles. The van der Waals surface area contributed by atoms with Crippen molar-refractivity contribution in [3.05, 3.63) is 0 Å². The SMILES string of the molecule is CC(C)CN1CCN(C(=O)C2CCCC2N)CC1.Cl.Cl. The van der Waals surface area contributed by atoms with Crippen LogP contribution in [0.5, 0.6) is 0 Å². The van der Waals surface area contributed by atoms with Crippen LogP contribution in [0.15, 0.2) is 0 Å². The third kappa shape index (κ3) is 5.06. The third-order valence-electron chi connectivity index (χ3n) is 4.19. The topological polar surface area (TPSA) is 49.6 Å². The molecule has 0 aromatic heterocycles. The van der Waals surface area contributed by atoms with Crippen LogP contribution in [0.1, 0.15) is 33.1 Å². The molecule has 2 aliphatic rings. The summed E-state index contributed by atoms with van der Waals surface area (Å²) in [6.45, 7) is 9.44. The van der Waals surface area contributed by atoms with Gasteiger partial charge in [0.25, 0.3) is 0 Å². The number of hydrogen-bond acceptors (Lipinski definition) is 3. The highest BCUT2D eigenvalue weighted by Crippen LogP contribution is 2.26. The van der Waals surface area contributed by atoms with Crippen LogP contribution < -0.4 is 5.73 Å². The molecule has 0 radical (unpaired) electrons. The Kier molecular flexibility index (Phi) is 9.07. The Balaban J connectivity index is 0.00000180. The van der Waals surface area contributed by atoms with Gasteiger partial charge in [-0.3, -0.25) is 9.69 Å². The van der Waals surface area contributed by atoms with E-state index in [0.717, 1.165) is 52.0 Å². The zero-order valence-corrected chi connectivity index (χ0v) is 14.2. The lowest BCUT2D eigenvalue weighted by Gasteiger charge is -2.37. The van der Waals surface area contributed by atoms with Gasteiger partial charge in [-0.1, -0.05) is 20.3 Å². The van der Waals surface area contributed by atoms with Gasteiger partial charge in [-0.2, -0.15) is 0 Å². The van der Waals surface area contributed by atoms with Gasteiger partial charge in [-0.15, -0.1) is 24.8 Å². The van der Waals surface area contributed by atoms with Crippen LogP contribution in [0, 0.1) is 11.8 Å². The van der Waals surface area contributed by atoms with Crippen LogP contribution in [0.2, 0.25) is 0 Å². The average molecular weight is 326 g/mol. The molecule has 2 atom stereocenters. The van der Waals surface area contributed by atoms with Crippen molar-refractivity contribution in [3.8, 4) is 0 Å². The number of carbonyl (C=O) groups excluding carboxylic acids is 1. The molecule has 1 heterocycles. The summed E-state index contributed by atoms with van der Waals surface area (Å²) in [5, 5.41) is 0. The Morgan fingerprint density at radius 2 is 1.75 bits per heavy atom. The molecule has 0 spiro atoms. The van der Waals surface area contributed by atoms with Crippen molar-refractivity contribution in [2.75, 3.05) is 32.7 Å². The molecule has 0 bridgehead atoms. The van der Waals surface area contributed by atoms with Crippen LogP contribution in [0.4, 0.5) is 0 Å². The van der Waals surface area contributed by atoms with Gasteiger partial charge in [0.2, 0.25) is 5.91 Å². The number of halogens is 2. The van der Waals surface area contributed by atoms with Crippen molar-refractivity contribution in [1.29, 1.82) is 0 Å². The standard InChI is InChI=1S/C14H27N3O.2ClH/c1-11(2)10-16-6-8-17(9-7-16)14(18)12-4-3-5-13(12)15;;/h11-13H,3-10,15H2,1-2H3;2*1H. The molecule has 1 aliphatic heterocycles. The van der Waals surface area contributed by atoms with E-state index in [1.807, 2.05) is 4.90 Å². The maximum Gasteiger partial charge on any atom is 0.227 e. The van der Waals surface area contributed by atoms with Crippen molar-refractivity contribution in [3.63, 3.8) is 0 Å². The molecule has 20 heavy (non-hydrogen) atoms. The number of hydrogen-bond donors (Lipinski definition) is 1. The van der Waals surface area contributed by atoms with E-state index < -0.39 is 0 Å². The molecule has 2 rings (SSSR count). The normalized spacial score (nSPS) is 27.1. The largest absolute Gasteiger partial charge is 0.340 e. The summed E-state index contributed by atoms with van der Waals surface area (Å²) >= 11 is 0. The fourth-order valence-corrected chi connectivity index (χ4v) is 3.20. The van der Waals surface area contributed by atoms with E-state index in [2.05, 4.69) is 18.7 Å². The number of carbonyl (C=O) groups is 1. The van der Waals surface area contributed by atoms with Crippen molar-refractivity contribution in [2.24, 2.45) is 17.6 Å². The molecule has 2 unspecified atom stereocenters. The van der Waals surface area contributed by atoms with Gasteiger partial charge in [0.1, 0.15) is 0 Å². The van der Waals surface area contributed by atoms with Gasteiger partial charge in [-0.25, -0.2) is 0 Å². The molecular weight excluding hydrogens is 297 g/mol. The van der Waals surface area contributed by atoms with Gasteiger partial charge in [0.15, 0.2) is 0 Å². The van der Waals surface area contributed by atoms with Gasteiger partial charge in [-0.05, 0) is 18.8 Å². The fraction of sp³-hybridized carbons (Fsp3) is 0.929. The lowest BCUT2D eigenvalue weighted by Crippen LogP contribution is -2.52. The van der Waals surface area contributed by atoms with Crippen molar-refractivity contribution in [1.82, 2.24) is 9.80 Å². The first kappa shape index (κ1) is 20.0. The molecule has 1 saturated carbocycles. The Bertz CT molecular complexity index is 294. The van der Waals surface area contributed by atoms with E-state index in [9.17, 15) is 4.79 Å². The molecule has 2 N–H and O–H groups in total. The maximum absolute atomic E-state index is 12.4. The lowest BCUT2D eigenvalue weighted by atomic mass is 10.0. The summed E-state index contributed by atoms with van der Waals surface area (Å²) in [5.41, 5.74) is 6.02. The van der Waals surface area contributed by atoms with Gasteiger partial charge in [0, 0.05) is 38.8 Å². The minimum absolute atomic E-state index is 0. The zero-order valence-electron chi connectivity index (χ0n) is 12.6. The summed E-state index contributed by atoms with van der Waals surface area (Å²) < 4.78 is 0. The molecule has 120 valence electrons. The average Bonchev–Trinajstić information content (AvgIpc) is 2.75. The Morgan fingerprint density at radius 1 is 1.15 bits per heavy atom. The molecule has 0 aromatic rings. The van der Waals surface area contributed by atoms with Crippen LogP contribution in [0.3, 0.4) is 0 Å². The zero-order chi connectivity index (χ0) is 13.1. The van der Waals surface area contributed by atoms with E-state index in [0.29, 0.717) is 11.8 Å². The highest BCUT2D eigenvalue weighted by atomic mass is 35.5. The van der Waals surface area contributed by atoms with Gasteiger partial charge in [0.05, 0.1) is 5.92 Å². The summed E-state index contributed by atoms with van der Waals surface area (Å²) in [5.74, 6) is 1.11. The molecule has 1 amide bonds. The predicted octanol–water partition coefficient (Wildman–Crippen LogP) is 1.76. The van der Waals surface area contributed by atoms with Crippen LogP contribution in [0.25, 0.3) is 0 Å². The van der Waals surface area contributed by atoms with E-state index >= 15 is 0 Å². The summed E-state index contributed by atoms with van der Waals surface area (Å²) in [6, 6.07) is 0.103. The van der Waals surface area contributed by atoms with E-state index in [1.165, 1.54) is 0 Å². The van der Waals surface area contributed by atoms with E-state index in [1.54, 1.807) is 0 Å². The summed E-state index contributed by atoms with van der Waals surface area (Å²) in [7, 11) is 0. The number of nitrogens with two attached hydrogens (primary N) is 1. The Labute approximate surface area is 135 Å². The van der Waals surface area contributed by atoms with Crippen LogP contribution in [-0.4, -0.2) is 54.5 Å². The second kappa shape index (κ2) is 9.08. The molecule has 6 heteroatoms. The Hall–Kier alpha value is -0.0300. The molecular formula is C14H29Cl2N3O. The number of nitrogens with zero attached hydrogens (tertiary/aromatic N) is 2. The van der Waals surface area contributed by atoms with Crippen molar-refractivity contribution >= 4 is 30.7 Å². The van der Waals surface area contributed by atoms with Gasteiger partial charge < -0.3 is 10.6 Å². The second-order valence-electron chi connectivity index (χ2n) is 6.22. The summed E-state index contributed by atoms with van der Waals surface area (Å²) in [4.78, 5) is 16.9. The fourth-order valence-electron chi connectivity index (χ4n) is 3.20. The first-order valence-corrected chi connectivity index (χ1v) is 7.34. The Morgan fingerprint density at radius 3 is 2.20 bits per heavy atom. The molecule has 4 nitrogen and oxygen atoms in total. The van der Waals surface area contributed by atoms with Crippen LogP contribution >= 0.6 is 24.8 Å². The van der Waals surface area contributed by atoms with Crippen molar-refractivity contribution in [2.45, 2.75) is 39.2 Å². The molecule has 2 fully saturated rings. The summed E-state index contributed by atoms with van der Waals surface area (Å²) in [6.07, 6.45) is 3.13. The number of amides is 1. The quantitative estimate of drug-likeness (QED) is 0.860. The van der Waals surface area contributed by atoms with Crippen molar-refractivity contribution < 1.29 is 4.79 Å². The van der Waals surface area contributed by atoms with E-state index in [4.69, 9.17) is 5.73 Å².